The van der Waals surface area contributed by atoms with Crippen LogP contribution in [0, 0.1) is 0 Å². The summed E-state index contributed by atoms with van der Waals surface area (Å²) in [5.41, 5.74) is 4.19. The molecule has 2 aromatic carbocycles. The molecule has 0 saturated carbocycles. The minimum Gasteiger partial charge on any atom is -0.343 e. The smallest absolute Gasteiger partial charge is 0.228 e. The number of hydrogen-bond donors (Lipinski definition) is 1. The molecule has 1 fully saturated rings. The second kappa shape index (κ2) is 9.54. The highest BCUT2D eigenvalue weighted by atomic mass is 16.2. The molecule has 0 aliphatic carbocycles. The molecule has 0 aromatic heterocycles. The van der Waals surface area contributed by atoms with Crippen LogP contribution in [0.3, 0.4) is 0 Å². The van der Waals surface area contributed by atoms with Gasteiger partial charge in [0.2, 0.25) is 11.8 Å². The number of nitrogens with one attached hydrogen (secondary N) is 1. The molecule has 0 spiro atoms. The first-order chi connectivity index (χ1) is 13.5. The van der Waals surface area contributed by atoms with Crippen LogP contribution in [0.5, 0.6) is 0 Å². The van der Waals surface area contributed by atoms with E-state index in [4.69, 9.17) is 0 Å². The molecule has 1 heterocycles. The molecule has 4 heteroatoms. The zero-order valence-electron chi connectivity index (χ0n) is 16.9. The highest BCUT2D eigenvalue weighted by Crippen LogP contribution is 2.17. The summed E-state index contributed by atoms with van der Waals surface area (Å²) in [6.45, 7) is 6.12. The lowest BCUT2D eigenvalue weighted by atomic mass is 9.99. The van der Waals surface area contributed by atoms with Gasteiger partial charge in [0.1, 0.15) is 0 Å². The second-order valence-electron chi connectivity index (χ2n) is 7.91. The molecule has 4 nitrogen and oxygen atoms in total. The predicted molar refractivity (Wildman–Crippen MR) is 113 cm³/mol. The van der Waals surface area contributed by atoms with Crippen molar-refractivity contribution in [2.45, 2.75) is 51.9 Å². The highest BCUT2D eigenvalue weighted by Gasteiger charge is 2.17. The molecular formula is C24H30N2O2. The van der Waals surface area contributed by atoms with Gasteiger partial charge in [-0.25, -0.2) is 0 Å². The van der Waals surface area contributed by atoms with Gasteiger partial charge in [-0.2, -0.15) is 0 Å². The maximum Gasteiger partial charge on any atom is 0.228 e. The van der Waals surface area contributed by atoms with Gasteiger partial charge in [0.25, 0.3) is 0 Å². The lowest BCUT2D eigenvalue weighted by Gasteiger charge is -2.15. The number of hydrogen-bond acceptors (Lipinski definition) is 2. The standard InChI is InChI=1S/C24H30N2O2/c1-18(2)21-7-5-6-20(16-21)17-23(27)25-22-11-8-19(9-12-22)10-13-24(28)26-14-3-4-15-26/h5-9,11-12,16,18H,3-4,10,13-15,17H2,1-2H3,(H,25,27). The van der Waals surface area contributed by atoms with Crippen LogP contribution < -0.4 is 5.32 Å². The molecule has 28 heavy (non-hydrogen) atoms. The molecule has 1 aliphatic heterocycles. The van der Waals surface area contributed by atoms with Crippen molar-refractivity contribution in [1.82, 2.24) is 4.90 Å². The number of aryl methyl sites for hydroxylation is 1. The number of carbonyl (C=O) groups is 2. The average molecular weight is 379 g/mol. The largest absolute Gasteiger partial charge is 0.343 e. The average Bonchev–Trinajstić information content (AvgIpc) is 3.22. The van der Waals surface area contributed by atoms with E-state index in [9.17, 15) is 9.59 Å². The first-order valence-electron chi connectivity index (χ1n) is 10.3. The Morgan fingerprint density at radius 3 is 2.39 bits per heavy atom. The van der Waals surface area contributed by atoms with Gasteiger partial charge < -0.3 is 10.2 Å². The van der Waals surface area contributed by atoms with Crippen LogP contribution in [0.25, 0.3) is 0 Å². The molecule has 0 radical (unpaired) electrons. The number of nitrogens with zero attached hydrogens (tertiary/aromatic N) is 1. The third-order valence-electron chi connectivity index (χ3n) is 5.31. The topological polar surface area (TPSA) is 49.4 Å². The van der Waals surface area contributed by atoms with Crippen molar-refractivity contribution in [3.63, 3.8) is 0 Å². The maximum atomic E-state index is 12.3. The van der Waals surface area contributed by atoms with Crippen molar-refractivity contribution >= 4 is 17.5 Å². The lowest BCUT2D eigenvalue weighted by Crippen LogP contribution is -2.27. The highest BCUT2D eigenvalue weighted by molar-refractivity contribution is 5.92. The van der Waals surface area contributed by atoms with Crippen LogP contribution >= 0.6 is 0 Å². The summed E-state index contributed by atoms with van der Waals surface area (Å²) < 4.78 is 0. The summed E-state index contributed by atoms with van der Waals surface area (Å²) in [5.74, 6) is 0.685. The van der Waals surface area contributed by atoms with Crippen molar-refractivity contribution in [2.24, 2.45) is 0 Å². The minimum absolute atomic E-state index is 0.0159. The Hall–Kier alpha value is -2.62. The molecule has 1 saturated heterocycles. The Labute approximate surface area is 167 Å². The van der Waals surface area contributed by atoms with E-state index >= 15 is 0 Å². The number of anilines is 1. The van der Waals surface area contributed by atoms with E-state index in [-0.39, 0.29) is 11.8 Å². The zero-order valence-corrected chi connectivity index (χ0v) is 16.9. The molecule has 1 N–H and O–H groups in total. The number of amides is 2. The van der Waals surface area contributed by atoms with Gasteiger partial charge in [0, 0.05) is 25.2 Å². The molecule has 0 atom stereocenters. The number of likely N-dealkylation sites (tertiary alicyclic amines) is 1. The molecule has 2 aromatic rings. The predicted octanol–water partition coefficient (Wildman–Crippen LogP) is 4.55. The van der Waals surface area contributed by atoms with Crippen LogP contribution in [-0.4, -0.2) is 29.8 Å². The summed E-state index contributed by atoms with van der Waals surface area (Å²) in [6, 6.07) is 16.0. The fourth-order valence-electron chi connectivity index (χ4n) is 3.58. The number of carbonyl (C=O) groups excluding carboxylic acids is 2. The molecule has 0 bridgehead atoms. The Balaban J connectivity index is 1.48. The van der Waals surface area contributed by atoms with E-state index in [2.05, 4.69) is 31.3 Å². The van der Waals surface area contributed by atoms with Crippen LogP contribution in [0.15, 0.2) is 48.5 Å². The van der Waals surface area contributed by atoms with Crippen LogP contribution in [0.1, 0.15) is 55.7 Å². The van der Waals surface area contributed by atoms with Crippen molar-refractivity contribution in [3.05, 3.63) is 65.2 Å². The van der Waals surface area contributed by atoms with Gasteiger partial charge in [0.05, 0.1) is 6.42 Å². The molecule has 148 valence electrons. The monoisotopic (exact) mass is 378 g/mol. The summed E-state index contributed by atoms with van der Waals surface area (Å²) in [6.07, 6.45) is 3.92. The molecule has 0 unspecified atom stereocenters. The SMILES string of the molecule is CC(C)c1cccc(CC(=O)Nc2ccc(CCC(=O)N3CCCC3)cc2)c1. The molecule has 2 amide bonds. The van der Waals surface area contributed by atoms with Crippen molar-refractivity contribution < 1.29 is 9.59 Å². The normalized spacial score (nSPS) is 13.8. The summed E-state index contributed by atoms with van der Waals surface area (Å²) >= 11 is 0. The first-order valence-corrected chi connectivity index (χ1v) is 10.3. The van der Waals surface area contributed by atoms with Gasteiger partial charge >= 0.3 is 0 Å². The van der Waals surface area contributed by atoms with E-state index in [0.717, 1.165) is 49.2 Å². The third kappa shape index (κ3) is 5.69. The van der Waals surface area contributed by atoms with E-state index in [1.807, 2.05) is 41.3 Å². The third-order valence-corrected chi connectivity index (χ3v) is 5.31. The van der Waals surface area contributed by atoms with Gasteiger partial charge in [-0.05, 0) is 54.0 Å². The minimum atomic E-state index is -0.0159. The van der Waals surface area contributed by atoms with Crippen LogP contribution in [-0.2, 0) is 22.4 Å². The zero-order chi connectivity index (χ0) is 19.9. The fourth-order valence-corrected chi connectivity index (χ4v) is 3.58. The molecule has 1 aliphatic rings. The van der Waals surface area contributed by atoms with E-state index in [1.165, 1.54) is 5.56 Å². The Bertz CT molecular complexity index is 806. The van der Waals surface area contributed by atoms with Gasteiger partial charge in [-0.15, -0.1) is 0 Å². The van der Waals surface area contributed by atoms with Gasteiger partial charge in [0.15, 0.2) is 0 Å². The fraction of sp³-hybridized carbons (Fsp3) is 0.417. The van der Waals surface area contributed by atoms with E-state index < -0.39 is 0 Å². The van der Waals surface area contributed by atoms with Gasteiger partial charge in [-0.1, -0.05) is 50.2 Å². The Morgan fingerprint density at radius 2 is 1.71 bits per heavy atom. The summed E-state index contributed by atoms with van der Waals surface area (Å²) in [5, 5.41) is 2.96. The van der Waals surface area contributed by atoms with Crippen molar-refractivity contribution in [1.29, 1.82) is 0 Å². The number of benzene rings is 2. The van der Waals surface area contributed by atoms with E-state index in [0.29, 0.717) is 18.8 Å². The lowest BCUT2D eigenvalue weighted by molar-refractivity contribution is -0.130. The van der Waals surface area contributed by atoms with Crippen molar-refractivity contribution in [2.75, 3.05) is 18.4 Å². The van der Waals surface area contributed by atoms with Gasteiger partial charge in [-0.3, -0.25) is 9.59 Å². The van der Waals surface area contributed by atoms with Crippen molar-refractivity contribution in [3.8, 4) is 0 Å². The molecular weight excluding hydrogens is 348 g/mol. The second-order valence-corrected chi connectivity index (χ2v) is 7.91. The Morgan fingerprint density at radius 1 is 1.00 bits per heavy atom. The maximum absolute atomic E-state index is 12.3. The van der Waals surface area contributed by atoms with Crippen LogP contribution in [0.4, 0.5) is 5.69 Å². The van der Waals surface area contributed by atoms with E-state index in [1.54, 1.807) is 0 Å². The Kier molecular flexibility index (Phi) is 6.85. The summed E-state index contributed by atoms with van der Waals surface area (Å²) in [4.78, 5) is 26.4. The first kappa shape index (κ1) is 20.1. The summed E-state index contributed by atoms with van der Waals surface area (Å²) in [7, 11) is 0. The molecule has 3 rings (SSSR count). The van der Waals surface area contributed by atoms with Crippen LogP contribution in [0.2, 0.25) is 0 Å². The quantitative estimate of drug-likeness (QED) is 0.769. The number of rotatable bonds is 7.